The van der Waals surface area contributed by atoms with Crippen molar-refractivity contribution in [1.29, 1.82) is 0 Å². The molecule has 3 heterocycles. The summed E-state index contributed by atoms with van der Waals surface area (Å²) >= 11 is 0. The molecule has 2 aliphatic rings. The number of amides is 1. The van der Waals surface area contributed by atoms with Gasteiger partial charge in [-0.25, -0.2) is 4.98 Å². The highest BCUT2D eigenvalue weighted by Gasteiger charge is 2.24. The van der Waals surface area contributed by atoms with E-state index in [2.05, 4.69) is 46.7 Å². The van der Waals surface area contributed by atoms with Gasteiger partial charge in [0.2, 0.25) is 0 Å². The van der Waals surface area contributed by atoms with Gasteiger partial charge >= 0.3 is 0 Å². The normalized spacial score (nSPS) is 18.7. The Morgan fingerprint density at radius 2 is 2.18 bits per heavy atom. The summed E-state index contributed by atoms with van der Waals surface area (Å²) in [5.41, 5.74) is 3.95. The summed E-state index contributed by atoms with van der Waals surface area (Å²) in [6, 6.07) is 6.30. The molecule has 5 heteroatoms. The fourth-order valence-electron chi connectivity index (χ4n) is 4.18. The Morgan fingerprint density at radius 1 is 1.32 bits per heavy atom. The van der Waals surface area contributed by atoms with Gasteiger partial charge in [0.25, 0.3) is 5.91 Å². The zero-order chi connectivity index (χ0) is 19.7. The van der Waals surface area contributed by atoms with E-state index >= 15 is 0 Å². The molecule has 0 spiro atoms. The van der Waals surface area contributed by atoms with Crippen LogP contribution in [-0.4, -0.2) is 28.2 Å². The van der Waals surface area contributed by atoms with Gasteiger partial charge in [-0.15, -0.1) is 0 Å². The number of hydrogen-bond donors (Lipinski definition) is 1. The molecule has 1 aromatic heterocycles. The number of fused-ring (bicyclic) bond motifs is 1. The first kappa shape index (κ1) is 18.7. The largest absolute Gasteiger partial charge is 0.329 e. The van der Waals surface area contributed by atoms with Crippen LogP contribution >= 0.6 is 0 Å². The zero-order valence-corrected chi connectivity index (χ0v) is 16.9. The molecule has 0 aliphatic carbocycles. The third-order valence-corrected chi connectivity index (χ3v) is 5.74. The lowest BCUT2D eigenvalue weighted by atomic mass is 9.95. The summed E-state index contributed by atoms with van der Waals surface area (Å²) in [6.07, 6.45) is 10.3. The average molecular weight is 377 g/mol. The highest BCUT2D eigenvalue weighted by Crippen LogP contribution is 2.31. The molecule has 1 aromatic carbocycles. The first-order valence-corrected chi connectivity index (χ1v) is 10.2. The number of aliphatic imine (C=N–C) groups is 1. The van der Waals surface area contributed by atoms with Crippen molar-refractivity contribution in [3.63, 3.8) is 0 Å². The van der Waals surface area contributed by atoms with Crippen molar-refractivity contribution in [3.8, 4) is 0 Å². The van der Waals surface area contributed by atoms with E-state index in [9.17, 15) is 4.79 Å². The van der Waals surface area contributed by atoms with Crippen molar-refractivity contribution in [2.45, 2.75) is 52.5 Å². The molecule has 2 aromatic rings. The van der Waals surface area contributed by atoms with Crippen LogP contribution in [0.25, 0.3) is 5.57 Å². The van der Waals surface area contributed by atoms with Gasteiger partial charge in [0.15, 0.2) is 5.82 Å². The number of aryl methyl sites for hydroxylation is 2. The zero-order valence-electron chi connectivity index (χ0n) is 16.9. The van der Waals surface area contributed by atoms with Crippen molar-refractivity contribution in [3.05, 3.63) is 53.0 Å². The van der Waals surface area contributed by atoms with Crippen LogP contribution in [-0.2, 0) is 6.42 Å². The van der Waals surface area contributed by atoms with E-state index < -0.39 is 0 Å². The molecule has 5 nitrogen and oxygen atoms in total. The molecule has 4 rings (SSSR count). The van der Waals surface area contributed by atoms with Gasteiger partial charge in [-0.3, -0.25) is 9.79 Å². The Bertz CT molecular complexity index is 952. The first-order chi connectivity index (χ1) is 13.5. The third-order valence-electron chi connectivity index (χ3n) is 5.74. The number of aromatic nitrogens is 2. The number of allylic oxidation sites excluding steroid dienone is 1. The molecule has 1 atom stereocenters. The third kappa shape index (κ3) is 3.66. The number of nitrogens with zero attached hydrogens (tertiary/aromatic N) is 3. The number of benzene rings is 1. The summed E-state index contributed by atoms with van der Waals surface area (Å²) in [7, 11) is 0. The van der Waals surface area contributed by atoms with Crippen LogP contribution in [0.3, 0.4) is 0 Å². The van der Waals surface area contributed by atoms with E-state index in [1.807, 2.05) is 30.6 Å². The maximum absolute atomic E-state index is 12.9. The van der Waals surface area contributed by atoms with Gasteiger partial charge in [0.05, 0.1) is 0 Å². The van der Waals surface area contributed by atoms with Crippen LogP contribution in [0, 0.1) is 12.8 Å². The molecular weight excluding hydrogens is 348 g/mol. The molecule has 146 valence electrons. The minimum Gasteiger partial charge on any atom is -0.329 e. The molecular formula is C23H28N4O. The highest BCUT2D eigenvalue weighted by molar-refractivity contribution is 6.12. The Hall–Kier alpha value is -2.69. The topological polar surface area (TPSA) is 59.3 Å². The fraction of sp³-hybridized carbons (Fsp3) is 0.435. The van der Waals surface area contributed by atoms with Gasteiger partial charge in [-0.05, 0) is 60.9 Å². The van der Waals surface area contributed by atoms with Crippen LogP contribution in [0.1, 0.15) is 66.5 Å². The van der Waals surface area contributed by atoms with Gasteiger partial charge in [0, 0.05) is 37.0 Å². The molecule has 0 saturated carbocycles. The number of nitrogens with one attached hydrogen (secondary N) is 1. The van der Waals surface area contributed by atoms with E-state index in [1.165, 1.54) is 6.42 Å². The van der Waals surface area contributed by atoms with Crippen molar-refractivity contribution in [2.24, 2.45) is 10.9 Å². The summed E-state index contributed by atoms with van der Waals surface area (Å²) in [5.74, 6) is 2.16. The number of hydrogen-bond acceptors (Lipinski definition) is 3. The van der Waals surface area contributed by atoms with Gasteiger partial charge in [-0.1, -0.05) is 26.0 Å². The van der Waals surface area contributed by atoms with Crippen LogP contribution in [0.2, 0.25) is 0 Å². The van der Waals surface area contributed by atoms with Crippen LogP contribution < -0.4 is 5.32 Å². The van der Waals surface area contributed by atoms with Crippen LogP contribution in [0.4, 0.5) is 5.82 Å². The van der Waals surface area contributed by atoms with E-state index in [1.54, 1.807) is 0 Å². The van der Waals surface area contributed by atoms with Gasteiger partial charge in [-0.2, -0.15) is 0 Å². The molecule has 1 unspecified atom stereocenters. The van der Waals surface area contributed by atoms with E-state index in [4.69, 9.17) is 0 Å². The second-order valence-corrected chi connectivity index (χ2v) is 8.12. The second kappa shape index (κ2) is 7.74. The predicted octanol–water partition coefficient (Wildman–Crippen LogP) is 4.84. The SMILES string of the molecule is Cc1ccc(C(=O)Nc2cn3c(n2)CCCC3C(C)C)cc1C1=CCCN=C1. The second-order valence-electron chi connectivity index (χ2n) is 8.12. The van der Waals surface area contributed by atoms with E-state index in [0.717, 1.165) is 48.3 Å². The number of dihydropyridines is 1. The standard InChI is InChI=1S/C23H28N4O/c1-15(2)20-7-4-8-22-25-21(14-27(20)22)26-23(28)17-10-9-16(3)19(12-17)18-6-5-11-24-13-18/h6,9-10,12-15,20H,4-5,7-8,11H2,1-3H3,(H,26,28). The number of carbonyl (C=O) groups is 1. The van der Waals surface area contributed by atoms with E-state index in [-0.39, 0.29) is 5.91 Å². The quantitative estimate of drug-likeness (QED) is 0.830. The minimum absolute atomic E-state index is 0.119. The van der Waals surface area contributed by atoms with Crippen LogP contribution in [0.15, 0.2) is 35.5 Å². The first-order valence-electron chi connectivity index (χ1n) is 10.2. The molecule has 1 amide bonds. The van der Waals surface area contributed by atoms with E-state index in [0.29, 0.717) is 23.3 Å². The van der Waals surface area contributed by atoms with Gasteiger partial charge in [0.1, 0.15) is 5.82 Å². The summed E-state index contributed by atoms with van der Waals surface area (Å²) < 4.78 is 2.26. The summed E-state index contributed by atoms with van der Waals surface area (Å²) in [4.78, 5) is 21.9. The molecule has 0 fully saturated rings. The molecule has 1 N–H and O–H groups in total. The monoisotopic (exact) mass is 376 g/mol. The smallest absolute Gasteiger partial charge is 0.256 e. The lowest BCUT2D eigenvalue weighted by Crippen LogP contribution is -2.21. The molecule has 2 aliphatic heterocycles. The lowest BCUT2D eigenvalue weighted by molar-refractivity contribution is 0.102. The van der Waals surface area contributed by atoms with Crippen molar-refractivity contribution in [2.75, 3.05) is 11.9 Å². The number of imidazole rings is 1. The van der Waals surface area contributed by atoms with Crippen molar-refractivity contribution < 1.29 is 4.79 Å². The summed E-state index contributed by atoms with van der Waals surface area (Å²) in [6.45, 7) is 7.39. The highest BCUT2D eigenvalue weighted by atomic mass is 16.1. The fourth-order valence-corrected chi connectivity index (χ4v) is 4.18. The van der Waals surface area contributed by atoms with Gasteiger partial charge < -0.3 is 9.88 Å². The summed E-state index contributed by atoms with van der Waals surface area (Å²) in [5, 5.41) is 3.00. The lowest BCUT2D eigenvalue weighted by Gasteiger charge is -2.28. The maximum Gasteiger partial charge on any atom is 0.256 e. The molecule has 0 radical (unpaired) electrons. The molecule has 0 bridgehead atoms. The van der Waals surface area contributed by atoms with Crippen molar-refractivity contribution in [1.82, 2.24) is 9.55 Å². The van der Waals surface area contributed by atoms with Crippen molar-refractivity contribution >= 4 is 23.5 Å². The Balaban J connectivity index is 1.56. The average Bonchev–Trinajstić information content (AvgIpc) is 3.11. The molecule has 28 heavy (non-hydrogen) atoms. The minimum atomic E-state index is -0.119. The maximum atomic E-state index is 12.9. The van der Waals surface area contributed by atoms with Crippen LogP contribution in [0.5, 0.6) is 0 Å². The molecule has 0 saturated heterocycles. The Labute approximate surface area is 166 Å². The number of carbonyl (C=O) groups excluding carboxylic acids is 1. The number of anilines is 1. The Morgan fingerprint density at radius 3 is 2.93 bits per heavy atom. The number of rotatable bonds is 4. The Kier molecular flexibility index (Phi) is 5.16. The predicted molar refractivity (Wildman–Crippen MR) is 114 cm³/mol.